The summed E-state index contributed by atoms with van der Waals surface area (Å²) in [5.74, 6) is -0.327. The minimum atomic E-state index is -0.752. The number of hydrogen-bond acceptors (Lipinski definition) is 7. The van der Waals surface area contributed by atoms with Gasteiger partial charge < -0.3 is 15.5 Å². The molecule has 3 rings (SSSR count). The van der Waals surface area contributed by atoms with E-state index in [4.69, 9.17) is 10.1 Å². The zero-order valence-electron chi connectivity index (χ0n) is 17.7. The Balaban J connectivity index is 1.97. The van der Waals surface area contributed by atoms with Gasteiger partial charge in [0.25, 0.3) is 0 Å². The van der Waals surface area contributed by atoms with Crippen molar-refractivity contribution in [2.45, 2.75) is 18.9 Å². The van der Waals surface area contributed by atoms with Crippen molar-refractivity contribution in [3.63, 3.8) is 0 Å². The van der Waals surface area contributed by atoms with Gasteiger partial charge in [0.05, 0.1) is 18.7 Å². The second-order valence-corrected chi connectivity index (χ2v) is 7.05. The molecule has 2 aromatic carbocycles. The number of aryl methyl sites for hydroxylation is 1. The highest BCUT2D eigenvalue weighted by Gasteiger charge is 2.29. The number of ether oxygens (including phenoxy) is 1. The Hall–Kier alpha value is -3.87. The first-order valence-corrected chi connectivity index (χ1v) is 9.80. The van der Waals surface area contributed by atoms with E-state index in [-0.39, 0.29) is 11.5 Å². The first-order chi connectivity index (χ1) is 15.0. The predicted octanol–water partition coefficient (Wildman–Crippen LogP) is 4.02. The molecular formula is C24H25N5O2. The third-order valence-electron chi connectivity index (χ3n) is 4.87. The molecule has 0 fully saturated rings. The Labute approximate surface area is 181 Å². The zero-order chi connectivity index (χ0) is 22.2. The highest BCUT2D eigenvalue weighted by Crippen LogP contribution is 2.26. The number of methoxy groups -OCH3 is 1. The van der Waals surface area contributed by atoms with Gasteiger partial charge in [0.15, 0.2) is 0 Å². The molecular weight excluding hydrogens is 390 g/mol. The van der Waals surface area contributed by atoms with Gasteiger partial charge in [0.2, 0.25) is 5.78 Å². The lowest BCUT2D eigenvalue weighted by atomic mass is 9.89. The quantitative estimate of drug-likeness (QED) is 0.514. The molecule has 1 heterocycles. The Bertz CT molecular complexity index is 1060. The molecule has 31 heavy (non-hydrogen) atoms. The van der Waals surface area contributed by atoms with Crippen molar-refractivity contribution < 1.29 is 9.53 Å². The van der Waals surface area contributed by atoms with Gasteiger partial charge in [-0.05, 0) is 24.6 Å². The molecule has 0 spiro atoms. The summed E-state index contributed by atoms with van der Waals surface area (Å²) in [6.07, 6.45) is 6.17. The molecule has 0 bridgehead atoms. The number of carbonyl (C=O) groups excluding carboxylic acids is 1. The monoisotopic (exact) mass is 415 g/mol. The Morgan fingerprint density at radius 3 is 2.48 bits per heavy atom. The Morgan fingerprint density at radius 2 is 1.84 bits per heavy atom. The van der Waals surface area contributed by atoms with Crippen LogP contribution in [-0.2, 0) is 4.79 Å². The van der Waals surface area contributed by atoms with Crippen molar-refractivity contribution in [3.8, 4) is 5.75 Å². The number of benzene rings is 2. The standard InChI is InChI=1S/C24H25N5O2/c1-16-7-9-17(10-8-16)23(29-19-5-4-6-20(11-19)31-3)24(30)22(25)21(14-26-2)18-12-27-15-28-13-18/h4-15,21,23,25,29H,1-3H3. The topological polar surface area (TPSA) is 100 Å². The molecule has 0 amide bonds. The van der Waals surface area contributed by atoms with E-state index in [1.165, 1.54) is 6.33 Å². The van der Waals surface area contributed by atoms with Gasteiger partial charge >= 0.3 is 0 Å². The molecule has 158 valence electrons. The molecule has 7 heteroatoms. The van der Waals surface area contributed by atoms with Crippen molar-refractivity contribution in [1.29, 1.82) is 5.41 Å². The number of carbonyl (C=O) groups is 1. The Kier molecular flexibility index (Phi) is 7.22. The fraction of sp³-hybridized carbons (Fsp3) is 0.208. The van der Waals surface area contributed by atoms with Crippen molar-refractivity contribution >= 4 is 23.4 Å². The summed E-state index contributed by atoms with van der Waals surface area (Å²) >= 11 is 0. The largest absolute Gasteiger partial charge is 0.497 e. The molecule has 0 aliphatic rings. The number of ketones is 1. The van der Waals surface area contributed by atoms with Crippen LogP contribution in [0.3, 0.4) is 0 Å². The molecule has 3 aromatic rings. The zero-order valence-corrected chi connectivity index (χ0v) is 17.7. The van der Waals surface area contributed by atoms with Crippen LogP contribution in [0.15, 0.2) is 72.2 Å². The minimum Gasteiger partial charge on any atom is -0.497 e. The predicted molar refractivity (Wildman–Crippen MR) is 122 cm³/mol. The third kappa shape index (κ3) is 5.39. The Morgan fingerprint density at radius 1 is 1.13 bits per heavy atom. The van der Waals surface area contributed by atoms with Crippen molar-refractivity contribution in [1.82, 2.24) is 9.97 Å². The van der Waals surface area contributed by atoms with Crippen molar-refractivity contribution in [3.05, 3.63) is 83.9 Å². The number of Topliss-reactive ketones (excluding diaryl/α,β-unsaturated/α-hetero) is 1. The lowest BCUT2D eigenvalue weighted by Gasteiger charge is -2.22. The van der Waals surface area contributed by atoms with E-state index in [1.807, 2.05) is 55.5 Å². The second-order valence-electron chi connectivity index (χ2n) is 7.05. The summed E-state index contributed by atoms with van der Waals surface area (Å²) < 4.78 is 5.30. The summed E-state index contributed by atoms with van der Waals surface area (Å²) in [4.78, 5) is 25.6. The van der Waals surface area contributed by atoms with Gasteiger partial charge in [-0.1, -0.05) is 35.9 Å². The summed E-state index contributed by atoms with van der Waals surface area (Å²) in [7, 11) is 3.20. The first-order valence-electron chi connectivity index (χ1n) is 9.80. The molecule has 2 unspecified atom stereocenters. The summed E-state index contributed by atoms with van der Waals surface area (Å²) in [6, 6.07) is 14.3. The molecule has 7 nitrogen and oxygen atoms in total. The van der Waals surface area contributed by atoms with Crippen LogP contribution in [0, 0.1) is 12.3 Å². The van der Waals surface area contributed by atoms with Gasteiger partial charge in [-0.25, -0.2) is 9.97 Å². The maximum atomic E-state index is 13.6. The van der Waals surface area contributed by atoms with Crippen LogP contribution in [0.25, 0.3) is 0 Å². The fourth-order valence-corrected chi connectivity index (χ4v) is 3.20. The number of hydrogen-bond donors (Lipinski definition) is 2. The van der Waals surface area contributed by atoms with E-state index in [9.17, 15) is 4.79 Å². The molecule has 0 saturated carbocycles. The third-order valence-corrected chi connectivity index (χ3v) is 4.87. The van der Waals surface area contributed by atoms with Crippen LogP contribution >= 0.6 is 0 Å². The van der Waals surface area contributed by atoms with E-state index in [2.05, 4.69) is 20.3 Å². The number of aromatic nitrogens is 2. The summed E-state index contributed by atoms with van der Waals surface area (Å²) in [5.41, 5.74) is 3.11. The number of nitrogens with one attached hydrogen (secondary N) is 2. The summed E-state index contributed by atoms with van der Waals surface area (Å²) in [5, 5.41) is 12.0. The summed E-state index contributed by atoms with van der Waals surface area (Å²) in [6.45, 7) is 1.99. The van der Waals surface area contributed by atoms with Gasteiger partial charge in [0, 0.05) is 43.0 Å². The maximum absolute atomic E-state index is 13.6. The maximum Gasteiger partial charge on any atom is 0.204 e. The molecule has 0 radical (unpaired) electrons. The molecule has 1 aromatic heterocycles. The van der Waals surface area contributed by atoms with Gasteiger partial charge in [-0.2, -0.15) is 0 Å². The van der Waals surface area contributed by atoms with E-state index >= 15 is 0 Å². The average molecular weight is 415 g/mol. The van der Waals surface area contributed by atoms with E-state index in [0.29, 0.717) is 11.3 Å². The lowest BCUT2D eigenvalue weighted by molar-refractivity contribution is -0.113. The first kappa shape index (κ1) is 21.8. The average Bonchev–Trinajstić information content (AvgIpc) is 2.81. The number of rotatable bonds is 9. The fourth-order valence-electron chi connectivity index (χ4n) is 3.20. The highest BCUT2D eigenvalue weighted by atomic mass is 16.5. The molecule has 2 atom stereocenters. The lowest BCUT2D eigenvalue weighted by Crippen LogP contribution is -2.32. The van der Waals surface area contributed by atoms with Crippen LogP contribution < -0.4 is 10.1 Å². The molecule has 0 saturated heterocycles. The van der Waals surface area contributed by atoms with Gasteiger partial charge in [-0.15, -0.1) is 0 Å². The van der Waals surface area contributed by atoms with Gasteiger partial charge in [0.1, 0.15) is 18.1 Å². The molecule has 0 aliphatic heterocycles. The van der Waals surface area contributed by atoms with Crippen molar-refractivity contribution in [2.24, 2.45) is 4.99 Å². The number of nitrogens with zero attached hydrogens (tertiary/aromatic N) is 3. The van der Waals surface area contributed by atoms with Gasteiger partial charge in [-0.3, -0.25) is 9.79 Å². The molecule has 2 N–H and O–H groups in total. The number of aliphatic imine (C=N–C) groups is 1. The SMILES string of the molecule is CN=CC(C(=N)C(=O)C(Nc1cccc(OC)c1)c1ccc(C)cc1)c1cncnc1. The van der Waals surface area contributed by atoms with Crippen LogP contribution in [0.1, 0.15) is 28.7 Å². The van der Waals surface area contributed by atoms with Crippen LogP contribution in [0.4, 0.5) is 5.69 Å². The molecule has 0 aliphatic carbocycles. The van der Waals surface area contributed by atoms with Crippen LogP contribution in [0.2, 0.25) is 0 Å². The van der Waals surface area contributed by atoms with E-state index in [0.717, 1.165) is 16.8 Å². The van der Waals surface area contributed by atoms with Crippen LogP contribution in [-0.4, -0.2) is 41.8 Å². The minimum absolute atomic E-state index is 0.0960. The van der Waals surface area contributed by atoms with E-state index < -0.39 is 12.0 Å². The van der Waals surface area contributed by atoms with E-state index in [1.54, 1.807) is 32.8 Å². The normalized spacial score (nSPS) is 12.9. The van der Waals surface area contributed by atoms with Crippen LogP contribution in [0.5, 0.6) is 5.75 Å². The highest BCUT2D eigenvalue weighted by molar-refractivity contribution is 6.45. The van der Waals surface area contributed by atoms with Crippen molar-refractivity contribution in [2.75, 3.05) is 19.5 Å². The smallest absolute Gasteiger partial charge is 0.204 e. The second kappa shape index (κ2) is 10.2. The number of anilines is 1.